The predicted octanol–water partition coefficient (Wildman–Crippen LogP) is 2.63. The summed E-state index contributed by atoms with van der Waals surface area (Å²) in [5.74, 6) is 0.940. The second-order valence-corrected chi connectivity index (χ2v) is 9.87. The smallest absolute Gasteiger partial charge is 0.313 e. The summed E-state index contributed by atoms with van der Waals surface area (Å²) in [6.45, 7) is 4.60. The van der Waals surface area contributed by atoms with E-state index in [-0.39, 0.29) is 17.4 Å². The number of thioether (sulfide) groups is 1. The molecule has 3 aliphatic rings. The minimum atomic E-state index is -0.892. The summed E-state index contributed by atoms with van der Waals surface area (Å²) < 4.78 is 0. The number of fused-ring (bicyclic) bond motifs is 3. The number of aliphatic carboxylic acids is 1. The van der Waals surface area contributed by atoms with Gasteiger partial charge in [0.15, 0.2) is 0 Å². The van der Waals surface area contributed by atoms with Crippen molar-refractivity contribution in [2.75, 3.05) is 31.1 Å². The molecule has 0 aromatic carbocycles. The molecule has 0 radical (unpaired) electrons. The summed E-state index contributed by atoms with van der Waals surface area (Å²) in [4.78, 5) is 35.6. The van der Waals surface area contributed by atoms with Gasteiger partial charge in [0.05, 0.1) is 22.1 Å². The largest absolute Gasteiger partial charge is 0.481 e. The first-order valence-electron chi connectivity index (χ1n) is 10.2. The number of aryl methyl sites for hydroxylation is 1. The molecule has 0 saturated carbocycles. The zero-order chi connectivity index (χ0) is 21.1. The Morgan fingerprint density at radius 2 is 2.23 bits per heavy atom. The van der Waals surface area contributed by atoms with Crippen LogP contribution in [0.2, 0.25) is 0 Å². The fourth-order valence-corrected chi connectivity index (χ4v) is 5.78. The molecule has 30 heavy (non-hydrogen) atoms. The molecule has 2 bridgehead atoms. The summed E-state index contributed by atoms with van der Waals surface area (Å²) in [6, 6.07) is 6.64. The molecule has 4 atom stereocenters. The predicted molar refractivity (Wildman–Crippen MR) is 119 cm³/mol. The Balaban J connectivity index is 1.37. The van der Waals surface area contributed by atoms with Crippen LogP contribution in [-0.2, 0) is 9.59 Å². The van der Waals surface area contributed by atoms with E-state index in [1.165, 1.54) is 4.88 Å². The van der Waals surface area contributed by atoms with Crippen LogP contribution in [0.5, 0.6) is 0 Å². The number of hydrogen-bond acceptors (Lipinski definition) is 7. The van der Waals surface area contributed by atoms with Crippen LogP contribution in [0.25, 0.3) is 10.6 Å². The van der Waals surface area contributed by atoms with Gasteiger partial charge in [0.25, 0.3) is 0 Å². The Morgan fingerprint density at radius 3 is 2.93 bits per heavy atom. The monoisotopic (exact) mass is 446 g/mol. The second kappa shape index (κ2) is 9.45. The van der Waals surface area contributed by atoms with E-state index >= 15 is 0 Å². The van der Waals surface area contributed by atoms with Crippen molar-refractivity contribution in [1.29, 1.82) is 0 Å². The van der Waals surface area contributed by atoms with Crippen LogP contribution in [0.3, 0.4) is 0 Å². The van der Waals surface area contributed by atoms with Gasteiger partial charge in [-0.15, -0.1) is 23.1 Å². The third-order valence-corrected chi connectivity index (χ3v) is 7.69. The molecule has 2 aromatic heterocycles. The van der Waals surface area contributed by atoms with Gasteiger partial charge in [-0.25, -0.2) is 9.97 Å². The van der Waals surface area contributed by atoms with Gasteiger partial charge in [-0.3, -0.25) is 14.5 Å². The lowest BCUT2D eigenvalue weighted by Gasteiger charge is -2.49. The Morgan fingerprint density at radius 1 is 1.37 bits per heavy atom. The van der Waals surface area contributed by atoms with E-state index < -0.39 is 5.97 Å². The lowest BCUT2D eigenvalue weighted by molar-refractivity contribution is -0.133. The highest BCUT2D eigenvalue weighted by atomic mass is 32.2. The van der Waals surface area contributed by atoms with Crippen LogP contribution < -0.4 is 5.32 Å². The Kier molecular flexibility index (Phi) is 6.70. The van der Waals surface area contributed by atoms with E-state index in [2.05, 4.69) is 32.7 Å². The molecule has 2 N–H and O–H groups in total. The molecular weight excluding hydrogens is 420 g/mol. The van der Waals surface area contributed by atoms with Crippen LogP contribution in [-0.4, -0.2) is 69.0 Å². The van der Waals surface area contributed by atoms with Gasteiger partial charge in [-0.1, -0.05) is 6.07 Å². The van der Waals surface area contributed by atoms with Gasteiger partial charge in [0.1, 0.15) is 5.82 Å². The Bertz CT molecular complexity index is 906. The highest BCUT2D eigenvalue weighted by Gasteiger charge is 2.41. The van der Waals surface area contributed by atoms with Crippen LogP contribution in [0, 0.1) is 12.8 Å². The zero-order valence-corrected chi connectivity index (χ0v) is 18.5. The number of piperidine rings is 3. The van der Waals surface area contributed by atoms with Crippen molar-refractivity contribution in [3.05, 3.63) is 35.1 Å². The number of carbonyl (C=O) groups is 2. The number of carboxylic acids is 1. The first-order valence-corrected chi connectivity index (χ1v) is 12.2. The van der Waals surface area contributed by atoms with Gasteiger partial charge < -0.3 is 10.4 Å². The quantitative estimate of drug-likeness (QED) is 0.644. The summed E-state index contributed by atoms with van der Waals surface area (Å²) in [5, 5.41) is 13.7. The van der Waals surface area contributed by atoms with Gasteiger partial charge in [-0.2, -0.15) is 0 Å². The first-order chi connectivity index (χ1) is 14.5. The fraction of sp³-hybridized carbons (Fsp3) is 0.524. The van der Waals surface area contributed by atoms with Gasteiger partial charge >= 0.3 is 5.97 Å². The van der Waals surface area contributed by atoms with Crippen molar-refractivity contribution in [3.8, 4) is 10.6 Å². The number of aromatic nitrogens is 2. The van der Waals surface area contributed by atoms with Crippen LogP contribution in [0.15, 0.2) is 23.6 Å². The van der Waals surface area contributed by atoms with E-state index in [0.717, 1.165) is 54.9 Å². The van der Waals surface area contributed by atoms with Gasteiger partial charge in [-0.05, 0) is 49.7 Å². The molecule has 3 fully saturated rings. The normalized spacial score (nSPS) is 25.2. The van der Waals surface area contributed by atoms with Gasteiger partial charge in [0, 0.05) is 30.7 Å². The molecule has 0 spiro atoms. The van der Waals surface area contributed by atoms with Crippen molar-refractivity contribution >= 4 is 35.0 Å². The summed E-state index contributed by atoms with van der Waals surface area (Å²) >= 11 is 2.83. The molecule has 1 unspecified atom stereocenters. The average Bonchev–Trinajstić information content (AvgIpc) is 3.27. The summed E-state index contributed by atoms with van der Waals surface area (Å²) in [7, 11) is 0. The Hall–Kier alpha value is -1.97. The van der Waals surface area contributed by atoms with Crippen LogP contribution >= 0.6 is 23.1 Å². The molecule has 0 aliphatic carbocycles. The maximum atomic E-state index is 12.0. The molecule has 5 rings (SSSR count). The molecule has 5 heterocycles. The number of rotatable bonds is 8. The maximum Gasteiger partial charge on any atom is 0.313 e. The molecule has 2 aromatic rings. The Labute approximate surface area is 184 Å². The number of nitrogens with one attached hydrogen (secondary N) is 1. The maximum absolute atomic E-state index is 12.0. The van der Waals surface area contributed by atoms with Gasteiger partial charge in [0.2, 0.25) is 5.91 Å². The minimum absolute atomic E-state index is 0.0431. The molecule has 160 valence electrons. The van der Waals surface area contributed by atoms with Crippen LogP contribution in [0.4, 0.5) is 0 Å². The number of carboxylic acid groups (broad SMARTS) is 1. The molecule has 1 amide bonds. The average molecular weight is 447 g/mol. The highest BCUT2D eigenvalue weighted by molar-refractivity contribution is 8.00. The van der Waals surface area contributed by atoms with Crippen molar-refractivity contribution < 1.29 is 14.7 Å². The molecule has 9 heteroatoms. The van der Waals surface area contributed by atoms with Crippen LogP contribution in [0.1, 0.15) is 30.3 Å². The number of hydrogen-bond donors (Lipinski definition) is 2. The van der Waals surface area contributed by atoms with E-state index in [1.54, 1.807) is 11.3 Å². The van der Waals surface area contributed by atoms with E-state index in [9.17, 15) is 9.59 Å². The van der Waals surface area contributed by atoms with Crippen molar-refractivity contribution in [3.63, 3.8) is 0 Å². The highest BCUT2D eigenvalue weighted by Crippen LogP contribution is 2.41. The van der Waals surface area contributed by atoms with E-state index in [4.69, 9.17) is 10.1 Å². The number of carbonyl (C=O) groups excluding carboxylic acids is 1. The molecule has 3 saturated heterocycles. The lowest BCUT2D eigenvalue weighted by atomic mass is 9.74. The topological polar surface area (TPSA) is 95.4 Å². The number of nitrogens with zero attached hydrogens (tertiary/aromatic N) is 3. The van der Waals surface area contributed by atoms with Crippen molar-refractivity contribution in [1.82, 2.24) is 20.2 Å². The SMILES string of the molecule is Cc1nc(-c2cccs2)cc([C@@H]2CN3CC[C@H]2C[C@@H]3CNC(=O)CSCC(=O)O)n1. The van der Waals surface area contributed by atoms with Crippen molar-refractivity contribution in [2.24, 2.45) is 5.92 Å². The third-order valence-electron chi connectivity index (χ3n) is 5.88. The number of amides is 1. The molecule has 7 nitrogen and oxygen atoms in total. The third kappa shape index (κ3) is 5.01. The summed E-state index contributed by atoms with van der Waals surface area (Å²) in [5.41, 5.74) is 2.14. The van der Waals surface area contributed by atoms with E-state index in [1.807, 2.05) is 13.0 Å². The standard InChI is InChI=1S/C21H26N4O3S2/c1-13-23-17(8-18(24-13)19-3-2-6-30-19)16-10-25-5-4-14(16)7-15(25)9-22-20(26)11-29-12-21(27)28/h2-3,6,8,14-16H,4-5,7,9-12H2,1H3,(H,22,26)(H,27,28)/t14-,15+,16+/m0/s1. The first kappa shape index (κ1) is 21.3. The fourth-order valence-electron chi connectivity index (χ4n) is 4.53. The van der Waals surface area contributed by atoms with Crippen molar-refractivity contribution in [2.45, 2.75) is 31.7 Å². The second-order valence-electron chi connectivity index (χ2n) is 7.93. The lowest BCUT2D eigenvalue weighted by Crippen LogP contribution is -2.56. The number of thiophene rings is 1. The summed E-state index contributed by atoms with van der Waals surface area (Å²) in [6.07, 6.45) is 2.20. The molecular formula is C21H26N4O3S2. The zero-order valence-electron chi connectivity index (χ0n) is 16.9. The molecule has 3 aliphatic heterocycles. The minimum Gasteiger partial charge on any atom is -0.481 e. The van der Waals surface area contributed by atoms with E-state index in [0.29, 0.717) is 24.4 Å².